The number of fused-ring (bicyclic) bond motifs is 3. The van der Waals surface area contributed by atoms with Gasteiger partial charge in [0.15, 0.2) is 0 Å². The summed E-state index contributed by atoms with van der Waals surface area (Å²) in [5.41, 5.74) is 0.299. The largest absolute Gasteiger partial charge is 0.328 e. The second kappa shape index (κ2) is 5.97. The number of rotatable bonds is 3. The Morgan fingerprint density at radius 3 is 2.52 bits per heavy atom. The maximum atomic E-state index is 13.4. The van der Waals surface area contributed by atoms with Crippen LogP contribution >= 0.6 is 0 Å². The fourth-order valence-electron chi connectivity index (χ4n) is 3.51. The average molecular weight is 341 g/mol. The Hall–Kier alpha value is -2.17. The van der Waals surface area contributed by atoms with Crippen LogP contribution in [0.3, 0.4) is 0 Å². The standard InChI is InChI=1S/C20H27N3O2/c1-14(24)19(2,3)20(4,5)23-13-17-21-11-8-12-22(17)16-10-7-6-9-15(16)18(23)25/h6-7,9-10H,8,11-13H2,1-5H3. The molecule has 1 aromatic rings. The predicted molar refractivity (Wildman–Crippen MR) is 100 cm³/mol. The van der Waals surface area contributed by atoms with Crippen LogP contribution in [0.15, 0.2) is 29.3 Å². The Kier molecular flexibility index (Phi) is 4.21. The molecule has 1 amide bonds. The molecule has 0 aromatic heterocycles. The van der Waals surface area contributed by atoms with Crippen molar-refractivity contribution < 1.29 is 9.59 Å². The SMILES string of the molecule is CC(=O)C(C)(C)C(C)(C)N1CC2=NCCCN2c2ccccc2C1=O. The molecular weight excluding hydrogens is 314 g/mol. The van der Waals surface area contributed by atoms with E-state index in [0.717, 1.165) is 31.0 Å². The summed E-state index contributed by atoms with van der Waals surface area (Å²) in [5, 5.41) is 0. The molecule has 3 rings (SSSR count). The van der Waals surface area contributed by atoms with Crippen molar-refractivity contribution in [1.82, 2.24) is 4.90 Å². The van der Waals surface area contributed by atoms with Gasteiger partial charge in [-0.05, 0) is 39.3 Å². The third-order valence-corrected chi connectivity index (χ3v) is 6.20. The minimum Gasteiger partial charge on any atom is -0.328 e. The summed E-state index contributed by atoms with van der Waals surface area (Å²) >= 11 is 0. The number of carbonyl (C=O) groups excluding carboxylic acids is 2. The Labute approximate surface area is 149 Å². The zero-order valence-corrected chi connectivity index (χ0v) is 15.8. The molecule has 0 aliphatic carbocycles. The van der Waals surface area contributed by atoms with E-state index in [-0.39, 0.29) is 11.7 Å². The maximum Gasteiger partial charge on any atom is 0.256 e. The number of amidine groups is 1. The van der Waals surface area contributed by atoms with Gasteiger partial charge in [-0.25, -0.2) is 0 Å². The summed E-state index contributed by atoms with van der Waals surface area (Å²) in [7, 11) is 0. The molecule has 5 heteroatoms. The fourth-order valence-corrected chi connectivity index (χ4v) is 3.51. The van der Waals surface area contributed by atoms with Gasteiger partial charge in [0.1, 0.15) is 11.6 Å². The number of nitrogens with zero attached hydrogens (tertiary/aromatic N) is 3. The third-order valence-electron chi connectivity index (χ3n) is 6.20. The minimum absolute atomic E-state index is 0.0352. The van der Waals surface area contributed by atoms with Crippen molar-refractivity contribution >= 4 is 23.2 Å². The lowest BCUT2D eigenvalue weighted by atomic mass is 9.70. The van der Waals surface area contributed by atoms with Crippen molar-refractivity contribution in [3.63, 3.8) is 0 Å². The van der Waals surface area contributed by atoms with Crippen molar-refractivity contribution in [3.8, 4) is 0 Å². The lowest BCUT2D eigenvalue weighted by Gasteiger charge is -2.48. The highest BCUT2D eigenvalue weighted by atomic mass is 16.2. The van der Waals surface area contributed by atoms with E-state index in [4.69, 9.17) is 4.99 Å². The highest BCUT2D eigenvalue weighted by molar-refractivity contribution is 6.12. The first-order valence-electron chi connectivity index (χ1n) is 8.91. The van der Waals surface area contributed by atoms with Crippen LogP contribution in [0.1, 0.15) is 51.4 Å². The van der Waals surface area contributed by atoms with E-state index in [0.29, 0.717) is 12.1 Å². The van der Waals surface area contributed by atoms with Gasteiger partial charge in [0, 0.05) is 18.5 Å². The molecule has 0 unspecified atom stereocenters. The summed E-state index contributed by atoms with van der Waals surface area (Å²) < 4.78 is 0. The van der Waals surface area contributed by atoms with Crippen LogP contribution in [-0.4, -0.2) is 47.6 Å². The number of aliphatic imine (C=N–C) groups is 1. The van der Waals surface area contributed by atoms with E-state index >= 15 is 0 Å². The summed E-state index contributed by atoms with van der Waals surface area (Å²) in [4.78, 5) is 34.4. The summed E-state index contributed by atoms with van der Waals surface area (Å²) in [6.45, 7) is 11.5. The lowest BCUT2D eigenvalue weighted by Crippen LogP contribution is -2.60. The van der Waals surface area contributed by atoms with Gasteiger partial charge in [0.25, 0.3) is 5.91 Å². The normalized spacial score (nSPS) is 18.3. The van der Waals surface area contributed by atoms with E-state index in [9.17, 15) is 9.59 Å². The molecule has 0 saturated heterocycles. The van der Waals surface area contributed by atoms with Crippen molar-refractivity contribution in [2.75, 3.05) is 24.5 Å². The number of ketones is 1. The van der Waals surface area contributed by atoms with Crippen LogP contribution in [0.2, 0.25) is 0 Å². The number of anilines is 1. The van der Waals surface area contributed by atoms with Crippen molar-refractivity contribution in [3.05, 3.63) is 29.8 Å². The van der Waals surface area contributed by atoms with E-state index < -0.39 is 11.0 Å². The van der Waals surface area contributed by atoms with Gasteiger partial charge in [-0.15, -0.1) is 0 Å². The number of Topliss-reactive ketones (excluding diaryl/α,β-unsaturated/α-hetero) is 1. The van der Waals surface area contributed by atoms with Crippen molar-refractivity contribution in [2.24, 2.45) is 10.4 Å². The molecule has 5 nitrogen and oxygen atoms in total. The molecule has 2 aliphatic heterocycles. The van der Waals surface area contributed by atoms with Crippen LogP contribution < -0.4 is 4.90 Å². The molecule has 2 aliphatic rings. The Morgan fingerprint density at radius 1 is 1.16 bits per heavy atom. The van der Waals surface area contributed by atoms with Crippen LogP contribution in [0.4, 0.5) is 5.69 Å². The van der Waals surface area contributed by atoms with Gasteiger partial charge < -0.3 is 9.80 Å². The maximum absolute atomic E-state index is 13.4. The van der Waals surface area contributed by atoms with Gasteiger partial charge in [-0.3, -0.25) is 14.6 Å². The van der Waals surface area contributed by atoms with Crippen LogP contribution in [0, 0.1) is 5.41 Å². The van der Waals surface area contributed by atoms with Crippen molar-refractivity contribution in [2.45, 2.75) is 46.6 Å². The second-order valence-electron chi connectivity index (χ2n) is 7.95. The topological polar surface area (TPSA) is 53.0 Å². The number of hydrogen-bond acceptors (Lipinski definition) is 4. The number of benzene rings is 1. The Bertz CT molecular complexity index is 749. The number of carbonyl (C=O) groups is 2. The second-order valence-corrected chi connectivity index (χ2v) is 7.95. The summed E-state index contributed by atoms with van der Waals surface area (Å²) in [6.07, 6.45) is 0.981. The molecule has 0 fully saturated rings. The van der Waals surface area contributed by atoms with Gasteiger partial charge in [0.05, 0.1) is 23.3 Å². The molecule has 2 heterocycles. The van der Waals surface area contributed by atoms with Gasteiger partial charge in [-0.1, -0.05) is 26.0 Å². The molecule has 134 valence electrons. The van der Waals surface area contributed by atoms with Crippen LogP contribution in [0.5, 0.6) is 0 Å². The van der Waals surface area contributed by atoms with Crippen LogP contribution in [0.25, 0.3) is 0 Å². The summed E-state index contributed by atoms with van der Waals surface area (Å²) in [6, 6.07) is 7.71. The molecule has 25 heavy (non-hydrogen) atoms. The molecular formula is C20H27N3O2. The molecule has 0 saturated carbocycles. The Balaban J connectivity index is 2.15. The monoisotopic (exact) mass is 341 g/mol. The highest BCUT2D eigenvalue weighted by Crippen LogP contribution is 2.40. The minimum atomic E-state index is -0.665. The molecule has 1 aromatic carbocycles. The first kappa shape index (κ1) is 17.6. The quantitative estimate of drug-likeness (QED) is 0.849. The van der Waals surface area contributed by atoms with E-state index in [1.165, 1.54) is 0 Å². The average Bonchev–Trinajstić information content (AvgIpc) is 2.71. The first-order chi connectivity index (χ1) is 11.7. The lowest BCUT2D eigenvalue weighted by molar-refractivity contribution is -0.131. The summed E-state index contributed by atoms with van der Waals surface area (Å²) in [5.74, 6) is 0.953. The first-order valence-corrected chi connectivity index (χ1v) is 8.91. The van der Waals surface area contributed by atoms with Crippen LogP contribution in [-0.2, 0) is 4.79 Å². The highest BCUT2D eigenvalue weighted by Gasteiger charge is 2.49. The molecule has 0 atom stereocenters. The zero-order chi connectivity index (χ0) is 18.4. The zero-order valence-electron chi connectivity index (χ0n) is 15.8. The number of para-hydroxylation sites is 1. The Morgan fingerprint density at radius 2 is 1.84 bits per heavy atom. The van der Waals surface area contributed by atoms with Gasteiger partial charge in [0.2, 0.25) is 0 Å². The number of hydrogen-bond donors (Lipinski definition) is 0. The molecule has 0 N–H and O–H groups in total. The molecule has 0 spiro atoms. The van der Waals surface area contributed by atoms with E-state index in [2.05, 4.69) is 4.90 Å². The molecule has 0 bridgehead atoms. The van der Waals surface area contributed by atoms with E-state index in [1.807, 2.05) is 56.9 Å². The van der Waals surface area contributed by atoms with Crippen molar-refractivity contribution in [1.29, 1.82) is 0 Å². The third kappa shape index (κ3) is 2.66. The predicted octanol–water partition coefficient (Wildman–Crippen LogP) is 3.14. The van der Waals surface area contributed by atoms with Gasteiger partial charge in [-0.2, -0.15) is 0 Å². The van der Waals surface area contributed by atoms with Gasteiger partial charge >= 0.3 is 0 Å². The van der Waals surface area contributed by atoms with E-state index in [1.54, 1.807) is 6.92 Å². The fraction of sp³-hybridized carbons (Fsp3) is 0.550. The smallest absolute Gasteiger partial charge is 0.256 e. The molecule has 0 radical (unpaired) electrons. The number of amides is 1.